The number of hydrogen-bond acceptors (Lipinski definition) is 2. The van der Waals surface area contributed by atoms with Crippen molar-refractivity contribution in [2.45, 2.75) is 6.61 Å². The lowest BCUT2D eigenvalue weighted by Gasteiger charge is -2.07. The van der Waals surface area contributed by atoms with E-state index in [1.807, 2.05) is 0 Å². The fourth-order valence-electron chi connectivity index (χ4n) is 1.53. The molecule has 0 bridgehead atoms. The van der Waals surface area contributed by atoms with Crippen LogP contribution in [0.1, 0.15) is 16.1 Å². The van der Waals surface area contributed by atoms with Crippen LogP contribution < -0.4 is 0 Å². The van der Waals surface area contributed by atoms with E-state index in [0.717, 1.165) is 5.56 Å². The summed E-state index contributed by atoms with van der Waals surface area (Å²) in [5.41, 5.74) is 1.20. The van der Waals surface area contributed by atoms with E-state index in [4.69, 9.17) is 4.74 Å². The van der Waals surface area contributed by atoms with Gasteiger partial charge < -0.3 is 9.30 Å². The van der Waals surface area contributed by atoms with Crippen molar-refractivity contribution in [3.63, 3.8) is 0 Å². The van der Waals surface area contributed by atoms with Gasteiger partial charge in [0.15, 0.2) is 0 Å². The van der Waals surface area contributed by atoms with E-state index in [1.54, 1.807) is 36.0 Å². The second kappa shape index (κ2) is 5.35. The molecular formula is C13H11BrFNO2. The molecular weight excluding hydrogens is 301 g/mol. The zero-order valence-corrected chi connectivity index (χ0v) is 11.3. The maximum Gasteiger partial charge on any atom is 0.355 e. The molecule has 0 saturated carbocycles. The quantitative estimate of drug-likeness (QED) is 0.815. The Morgan fingerprint density at radius 2 is 2.22 bits per heavy atom. The van der Waals surface area contributed by atoms with Gasteiger partial charge in [-0.15, -0.1) is 0 Å². The van der Waals surface area contributed by atoms with Crippen LogP contribution in [0.15, 0.2) is 41.0 Å². The minimum Gasteiger partial charge on any atom is -0.456 e. The van der Waals surface area contributed by atoms with Gasteiger partial charge >= 0.3 is 5.97 Å². The first kappa shape index (κ1) is 12.8. The Balaban J connectivity index is 2.04. The SMILES string of the molecule is Cn1cccc1C(=O)OCc1ccc(F)cc1Br. The normalized spacial score (nSPS) is 10.4. The highest BCUT2D eigenvalue weighted by atomic mass is 79.9. The summed E-state index contributed by atoms with van der Waals surface area (Å²) >= 11 is 3.22. The number of ether oxygens (including phenoxy) is 1. The fourth-order valence-corrected chi connectivity index (χ4v) is 1.99. The van der Waals surface area contributed by atoms with E-state index in [1.165, 1.54) is 12.1 Å². The van der Waals surface area contributed by atoms with Crippen molar-refractivity contribution < 1.29 is 13.9 Å². The molecule has 0 spiro atoms. The standard InChI is InChI=1S/C13H11BrFNO2/c1-16-6-2-3-12(16)13(17)18-8-9-4-5-10(15)7-11(9)14/h2-7H,8H2,1H3. The highest BCUT2D eigenvalue weighted by Gasteiger charge is 2.11. The lowest BCUT2D eigenvalue weighted by Crippen LogP contribution is -2.09. The van der Waals surface area contributed by atoms with Crippen LogP contribution in [-0.2, 0) is 18.4 Å². The third kappa shape index (κ3) is 2.79. The molecule has 5 heteroatoms. The van der Waals surface area contributed by atoms with Crippen LogP contribution in [0.2, 0.25) is 0 Å². The van der Waals surface area contributed by atoms with Crippen LogP contribution in [-0.4, -0.2) is 10.5 Å². The fraction of sp³-hybridized carbons (Fsp3) is 0.154. The molecule has 0 N–H and O–H groups in total. The molecule has 0 aliphatic heterocycles. The average molecular weight is 312 g/mol. The number of aromatic nitrogens is 1. The van der Waals surface area contributed by atoms with Crippen molar-refractivity contribution in [1.82, 2.24) is 4.57 Å². The molecule has 0 fully saturated rings. The second-order valence-corrected chi connectivity index (χ2v) is 4.67. The number of nitrogens with zero attached hydrogens (tertiary/aromatic N) is 1. The van der Waals surface area contributed by atoms with E-state index in [9.17, 15) is 9.18 Å². The van der Waals surface area contributed by atoms with Gasteiger partial charge in [-0.05, 0) is 24.3 Å². The molecule has 1 heterocycles. The summed E-state index contributed by atoms with van der Waals surface area (Å²) in [6.45, 7) is 0.102. The van der Waals surface area contributed by atoms with Gasteiger partial charge in [-0.25, -0.2) is 9.18 Å². The summed E-state index contributed by atoms with van der Waals surface area (Å²) in [5, 5.41) is 0. The third-order valence-corrected chi connectivity index (χ3v) is 3.26. The van der Waals surface area contributed by atoms with E-state index < -0.39 is 5.97 Å². The molecule has 3 nitrogen and oxygen atoms in total. The number of esters is 1. The Morgan fingerprint density at radius 3 is 2.83 bits per heavy atom. The van der Waals surface area contributed by atoms with Crippen molar-refractivity contribution in [3.8, 4) is 0 Å². The van der Waals surface area contributed by atoms with Crippen LogP contribution in [0, 0.1) is 5.82 Å². The monoisotopic (exact) mass is 311 g/mol. The van der Waals surface area contributed by atoms with E-state index in [2.05, 4.69) is 15.9 Å². The number of rotatable bonds is 3. The number of halogens is 2. The van der Waals surface area contributed by atoms with Crippen molar-refractivity contribution in [2.75, 3.05) is 0 Å². The number of carbonyl (C=O) groups is 1. The van der Waals surface area contributed by atoms with Crippen molar-refractivity contribution in [2.24, 2.45) is 7.05 Å². The molecule has 0 saturated heterocycles. The molecule has 0 amide bonds. The van der Waals surface area contributed by atoms with Gasteiger partial charge in [0, 0.05) is 23.3 Å². The van der Waals surface area contributed by atoms with Crippen LogP contribution in [0.25, 0.3) is 0 Å². The molecule has 0 radical (unpaired) electrons. The zero-order valence-electron chi connectivity index (χ0n) is 9.69. The summed E-state index contributed by atoms with van der Waals surface area (Å²) in [6.07, 6.45) is 1.77. The van der Waals surface area contributed by atoms with Gasteiger partial charge in [0.25, 0.3) is 0 Å². The third-order valence-electron chi connectivity index (χ3n) is 2.53. The van der Waals surface area contributed by atoms with Crippen molar-refractivity contribution in [1.29, 1.82) is 0 Å². The first-order chi connectivity index (χ1) is 8.58. The van der Waals surface area contributed by atoms with Gasteiger partial charge in [-0.1, -0.05) is 22.0 Å². The molecule has 0 atom stereocenters. The van der Waals surface area contributed by atoms with Gasteiger partial charge in [-0.2, -0.15) is 0 Å². The first-order valence-corrected chi connectivity index (χ1v) is 6.09. The Kier molecular flexibility index (Phi) is 3.81. The number of carbonyl (C=O) groups excluding carboxylic acids is 1. The first-order valence-electron chi connectivity index (χ1n) is 5.30. The van der Waals surface area contributed by atoms with Crippen molar-refractivity contribution in [3.05, 3.63) is 58.1 Å². The molecule has 94 valence electrons. The van der Waals surface area contributed by atoms with Crippen LogP contribution in [0.3, 0.4) is 0 Å². The summed E-state index contributed by atoms with van der Waals surface area (Å²) in [6, 6.07) is 7.70. The summed E-state index contributed by atoms with van der Waals surface area (Å²) in [7, 11) is 1.77. The van der Waals surface area contributed by atoms with E-state index >= 15 is 0 Å². The zero-order chi connectivity index (χ0) is 13.1. The maximum atomic E-state index is 12.9. The van der Waals surface area contributed by atoms with Crippen LogP contribution >= 0.6 is 15.9 Å². The highest BCUT2D eigenvalue weighted by molar-refractivity contribution is 9.10. The summed E-state index contributed by atoms with van der Waals surface area (Å²) < 4.78 is 20.3. The molecule has 2 rings (SSSR count). The predicted molar refractivity (Wildman–Crippen MR) is 68.6 cm³/mol. The van der Waals surface area contributed by atoms with E-state index in [0.29, 0.717) is 10.2 Å². The smallest absolute Gasteiger partial charge is 0.355 e. The predicted octanol–water partition coefficient (Wildman–Crippen LogP) is 3.28. The van der Waals surface area contributed by atoms with Crippen LogP contribution in [0.5, 0.6) is 0 Å². The molecule has 18 heavy (non-hydrogen) atoms. The molecule has 1 aromatic carbocycles. The van der Waals surface area contributed by atoms with Crippen LogP contribution in [0.4, 0.5) is 4.39 Å². The largest absolute Gasteiger partial charge is 0.456 e. The number of benzene rings is 1. The summed E-state index contributed by atoms with van der Waals surface area (Å²) in [4.78, 5) is 11.7. The van der Waals surface area contributed by atoms with Gasteiger partial charge in [0.1, 0.15) is 18.1 Å². The topological polar surface area (TPSA) is 31.2 Å². The molecule has 0 aliphatic rings. The molecule has 1 aromatic heterocycles. The molecule has 0 aliphatic carbocycles. The Morgan fingerprint density at radius 1 is 1.44 bits per heavy atom. The molecule has 2 aromatic rings. The Hall–Kier alpha value is -1.62. The lowest BCUT2D eigenvalue weighted by atomic mass is 10.2. The Bertz CT molecular complexity index is 580. The number of aryl methyl sites for hydroxylation is 1. The number of hydrogen-bond donors (Lipinski definition) is 0. The minimum atomic E-state index is -0.404. The molecule has 0 unspecified atom stereocenters. The second-order valence-electron chi connectivity index (χ2n) is 3.82. The van der Waals surface area contributed by atoms with E-state index in [-0.39, 0.29) is 12.4 Å². The van der Waals surface area contributed by atoms with Gasteiger partial charge in [0.2, 0.25) is 0 Å². The lowest BCUT2D eigenvalue weighted by molar-refractivity contribution is 0.0460. The van der Waals surface area contributed by atoms with Gasteiger partial charge in [-0.3, -0.25) is 0 Å². The van der Waals surface area contributed by atoms with Gasteiger partial charge in [0.05, 0.1) is 0 Å². The maximum absolute atomic E-state index is 12.9. The summed E-state index contributed by atoms with van der Waals surface area (Å²) in [5.74, 6) is -0.738. The highest BCUT2D eigenvalue weighted by Crippen LogP contribution is 2.19. The Labute approximate surface area is 112 Å². The minimum absolute atomic E-state index is 0.102. The van der Waals surface area contributed by atoms with Crippen molar-refractivity contribution >= 4 is 21.9 Å². The average Bonchev–Trinajstić information content (AvgIpc) is 2.74.